The van der Waals surface area contributed by atoms with Gasteiger partial charge in [-0.05, 0) is 68.1 Å². The number of ether oxygens (including phenoxy) is 1. The molecular weight excluding hydrogens is 400 g/mol. The number of aryl methyl sites for hydroxylation is 4. The van der Waals surface area contributed by atoms with Crippen LogP contribution in [0.1, 0.15) is 22.3 Å². The molecule has 0 unspecified atom stereocenters. The van der Waals surface area contributed by atoms with Crippen LogP contribution < -0.4 is 14.8 Å². The molecule has 0 fully saturated rings. The lowest BCUT2D eigenvalue weighted by molar-refractivity contribution is -0.123. The van der Waals surface area contributed by atoms with Gasteiger partial charge in [0.05, 0.1) is 4.90 Å². The Labute approximate surface area is 171 Å². The quantitative estimate of drug-likeness (QED) is 0.638. The van der Waals surface area contributed by atoms with Crippen LogP contribution in [0.2, 0.25) is 5.02 Å². The van der Waals surface area contributed by atoms with E-state index in [1.165, 1.54) is 0 Å². The van der Waals surface area contributed by atoms with Crippen LogP contribution in [-0.4, -0.2) is 34.0 Å². The topological polar surface area (TPSA) is 84.5 Å². The largest absolute Gasteiger partial charge is 0.484 e. The van der Waals surface area contributed by atoms with Crippen molar-refractivity contribution in [2.24, 2.45) is 0 Å². The molecule has 0 saturated carbocycles. The monoisotopic (exact) mass is 424 g/mol. The van der Waals surface area contributed by atoms with Crippen LogP contribution in [0.15, 0.2) is 35.2 Å². The van der Waals surface area contributed by atoms with Gasteiger partial charge < -0.3 is 10.1 Å². The molecule has 2 aromatic carbocycles. The lowest BCUT2D eigenvalue weighted by Gasteiger charge is -2.12. The second kappa shape index (κ2) is 9.41. The Hall–Kier alpha value is -2.09. The first kappa shape index (κ1) is 22.2. The van der Waals surface area contributed by atoms with E-state index in [2.05, 4.69) is 10.0 Å². The van der Waals surface area contributed by atoms with Gasteiger partial charge in [0.25, 0.3) is 5.91 Å². The summed E-state index contributed by atoms with van der Waals surface area (Å²) in [4.78, 5) is 12.2. The Balaban J connectivity index is 1.80. The first-order valence-corrected chi connectivity index (χ1v) is 10.7. The average molecular weight is 425 g/mol. The maximum absolute atomic E-state index is 12.4. The molecule has 0 aromatic heterocycles. The zero-order chi connectivity index (χ0) is 20.9. The third kappa shape index (κ3) is 5.95. The molecule has 0 aliphatic rings. The molecule has 0 heterocycles. The maximum atomic E-state index is 12.4. The number of hydrogen-bond acceptors (Lipinski definition) is 4. The molecular formula is C20H25ClN2O4S. The van der Waals surface area contributed by atoms with Crippen molar-refractivity contribution in [3.63, 3.8) is 0 Å². The smallest absolute Gasteiger partial charge is 0.257 e. The number of carbonyl (C=O) groups is 1. The predicted octanol–water partition coefficient (Wildman–Crippen LogP) is 3.05. The molecule has 2 aromatic rings. The van der Waals surface area contributed by atoms with E-state index in [1.807, 2.05) is 26.8 Å². The second-order valence-electron chi connectivity index (χ2n) is 6.68. The summed E-state index contributed by atoms with van der Waals surface area (Å²) in [5.74, 6) is 0.223. The van der Waals surface area contributed by atoms with Crippen molar-refractivity contribution < 1.29 is 17.9 Å². The minimum atomic E-state index is -3.63. The zero-order valence-electron chi connectivity index (χ0n) is 16.4. The fraction of sp³-hybridized carbons (Fsp3) is 0.350. The molecule has 8 heteroatoms. The van der Waals surface area contributed by atoms with E-state index in [-0.39, 0.29) is 30.5 Å². The van der Waals surface area contributed by atoms with Crippen LogP contribution in [0.4, 0.5) is 0 Å². The molecule has 2 N–H and O–H groups in total. The standard InChI is InChI=1S/C20H25ClN2O4S/c1-13-5-6-14(2)18(9-13)28(25,26)23-8-7-22-19(24)12-27-17-10-15(3)20(21)16(4)11-17/h5-6,9-11,23H,7-8,12H2,1-4H3,(H,22,24). The van der Waals surface area contributed by atoms with Crippen LogP contribution in [-0.2, 0) is 14.8 Å². The first-order valence-electron chi connectivity index (χ1n) is 8.83. The number of hydrogen-bond donors (Lipinski definition) is 2. The number of amides is 1. The molecule has 1 amide bonds. The maximum Gasteiger partial charge on any atom is 0.257 e. The Bertz CT molecular complexity index is 951. The van der Waals surface area contributed by atoms with Gasteiger partial charge in [0.15, 0.2) is 6.61 Å². The first-order chi connectivity index (χ1) is 13.1. The molecule has 152 valence electrons. The SMILES string of the molecule is Cc1ccc(C)c(S(=O)(=O)NCCNC(=O)COc2cc(C)c(Cl)c(C)c2)c1. The van der Waals surface area contributed by atoms with Gasteiger partial charge in [0.2, 0.25) is 10.0 Å². The normalized spacial score (nSPS) is 11.3. The van der Waals surface area contributed by atoms with Crippen molar-refractivity contribution in [1.29, 1.82) is 0 Å². The van der Waals surface area contributed by atoms with Gasteiger partial charge in [-0.25, -0.2) is 13.1 Å². The lowest BCUT2D eigenvalue weighted by Crippen LogP contribution is -2.37. The Morgan fingerprint density at radius 1 is 1.00 bits per heavy atom. The van der Waals surface area contributed by atoms with Crippen LogP contribution in [0.25, 0.3) is 0 Å². The summed E-state index contributed by atoms with van der Waals surface area (Å²) in [7, 11) is -3.63. The Kier molecular flexibility index (Phi) is 7.46. The van der Waals surface area contributed by atoms with Crippen LogP contribution in [0.3, 0.4) is 0 Å². The van der Waals surface area contributed by atoms with Gasteiger partial charge in [0, 0.05) is 18.1 Å². The van der Waals surface area contributed by atoms with Crippen LogP contribution in [0.5, 0.6) is 5.75 Å². The van der Waals surface area contributed by atoms with Crippen LogP contribution in [0, 0.1) is 27.7 Å². The average Bonchev–Trinajstić information content (AvgIpc) is 2.63. The molecule has 6 nitrogen and oxygen atoms in total. The lowest BCUT2D eigenvalue weighted by atomic mass is 10.1. The number of sulfonamides is 1. The molecule has 0 aliphatic carbocycles. The Morgan fingerprint density at radius 2 is 1.64 bits per heavy atom. The van der Waals surface area contributed by atoms with Gasteiger partial charge in [-0.2, -0.15) is 0 Å². The van der Waals surface area contributed by atoms with Gasteiger partial charge in [-0.3, -0.25) is 4.79 Å². The number of nitrogens with one attached hydrogen (secondary N) is 2. The minimum Gasteiger partial charge on any atom is -0.484 e. The summed E-state index contributed by atoms with van der Waals surface area (Å²) in [5.41, 5.74) is 3.28. The molecule has 2 rings (SSSR count). The summed E-state index contributed by atoms with van der Waals surface area (Å²) in [6, 6.07) is 8.78. The fourth-order valence-corrected chi connectivity index (χ4v) is 4.12. The third-order valence-electron chi connectivity index (χ3n) is 4.15. The summed E-state index contributed by atoms with van der Waals surface area (Å²) < 4.78 is 32.8. The molecule has 0 aliphatic heterocycles. The highest BCUT2D eigenvalue weighted by Gasteiger charge is 2.16. The van der Waals surface area contributed by atoms with Crippen molar-refractivity contribution in [1.82, 2.24) is 10.0 Å². The van der Waals surface area contributed by atoms with Gasteiger partial charge in [0.1, 0.15) is 5.75 Å². The van der Waals surface area contributed by atoms with Crippen molar-refractivity contribution in [3.05, 3.63) is 57.6 Å². The van der Waals surface area contributed by atoms with Crippen molar-refractivity contribution in [3.8, 4) is 5.75 Å². The highest BCUT2D eigenvalue weighted by Crippen LogP contribution is 2.25. The highest BCUT2D eigenvalue weighted by molar-refractivity contribution is 7.89. The molecule has 0 saturated heterocycles. The highest BCUT2D eigenvalue weighted by atomic mass is 35.5. The number of halogens is 1. The van der Waals surface area contributed by atoms with E-state index < -0.39 is 10.0 Å². The second-order valence-corrected chi connectivity index (χ2v) is 8.79. The van der Waals surface area contributed by atoms with E-state index in [4.69, 9.17) is 16.3 Å². The fourth-order valence-electron chi connectivity index (χ4n) is 2.65. The summed E-state index contributed by atoms with van der Waals surface area (Å²) >= 11 is 6.11. The molecule has 0 bridgehead atoms. The van der Waals surface area contributed by atoms with Gasteiger partial charge >= 0.3 is 0 Å². The summed E-state index contributed by atoms with van der Waals surface area (Å²) in [5, 5.41) is 3.30. The minimum absolute atomic E-state index is 0.0839. The number of benzene rings is 2. The van der Waals surface area contributed by atoms with Gasteiger partial charge in [-0.15, -0.1) is 0 Å². The number of rotatable bonds is 8. The van der Waals surface area contributed by atoms with Gasteiger partial charge in [-0.1, -0.05) is 23.7 Å². The van der Waals surface area contributed by atoms with Crippen molar-refractivity contribution in [2.75, 3.05) is 19.7 Å². The van der Waals surface area contributed by atoms with E-state index >= 15 is 0 Å². The predicted molar refractivity (Wildman–Crippen MR) is 111 cm³/mol. The Morgan fingerprint density at radius 3 is 2.29 bits per heavy atom. The molecule has 0 atom stereocenters. The summed E-state index contributed by atoms with van der Waals surface area (Å²) in [6.07, 6.45) is 0. The van der Waals surface area contributed by atoms with E-state index in [0.717, 1.165) is 16.7 Å². The molecule has 0 radical (unpaired) electrons. The van der Waals surface area contributed by atoms with E-state index in [9.17, 15) is 13.2 Å². The zero-order valence-corrected chi connectivity index (χ0v) is 18.0. The third-order valence-corrected chi connectivity index (χ3v) is 6.35. The van der Waals surface area contributed by atoms with E-state index in [0.29, 0.717) is 16.3 Å². The van der Waals surface area contributed by atoms with Crippen molar-refractivity contribution >= 4 is 27.5 Å². The molecule has 0 spiro atoms. The van der Waals surface area contributed by atoms with Crippen LogP contribution >= 0.6 is 11.6 Å². The van der Waals surface area contributed by atoms with Crippen molar-refractivity contribution in [2.45, 2.75) is 32.6 Å². The molecule has 28 heavy (non-hydrogen) atoms. The number of carbonyl (C=O) groups excluding carboxylic acids is 1. The van der Waals surface area contributed by atoms with E-state index in [1.54, 1.807) is 31.2 Å². The summed E-state index contributed by atoms with van der Waals surface area (Å²) in [6.45, 7) is 7.39.